The molecule has 0 spiro atoms. The number of nitrogens with zero attached hydrogens (tertiary/aromatic N) is 2. The molecule has 20 heavy (non-hydrogen) atoms. The van der Waals surface area contributed by atoms with Gasteiger partial charge in [0.2, 0.25) is 5.39 Å². The van der Waals surface area contributed by atoms with E-state index in [1.165, 1.54) is 12.1 Å². The monoisotopic (exact) mass is 314 g/mol. The van der Waals surface area contributed by atoms with Crippen molar-refractivity contribution in [1.29, 1.82) is 5.39 Å². The van der Waals surface area contributed by atoms with E-state index in [2.05, 4.69) is 4.98 Å². The zero-order valence-electron chi connectivity index (χ0n) is 10.8. The summed E-state index contributed by atoms with van der Waals surface area (Å²) in [5.41, 5.74) is 1.71. The molecule has 11 heteroatoms. The molecule has 112 valence electrons. The first-order valence-electron chi connectivity index (χ1n) is 5.07. The van der Waals surface area contributed by atoms with Crippen molar-refractivity contribution in [1.82, 2.24) is 0 Å². The summed E-state index contributed by atoms with van der Waals surface area (Å²) in [4.78, 5) is 3.06. The van der Waals surface area contributed by atoms with Gasteiger partial charge in [-0.25, -0.2) is 0 Å². The van der Waals surface area contributed by atoms with Gasteiger partial charge in [0.15, 0.2) is 4.98 Å². The van der Waals surface area contributed by atoms with Gasteiger partial charge in [0.05, 0.1) is 11.8 Å². The van der Waals surface area contributed by atoms with E-state index in [1.54, 1.807) is 13.8 Å². The van der Waals surface area contributed by atoms with Gasteiger partial charge in [-0.3, -0.25) is 0 Å². The molecule has 0 fully saturated rings. The van der Waals surface area contributed by atoms with Gasteiger partial charge in [0.25, 0.3) is 0 Å². The highest BCUT2D eigenvalue weighted by atomic mass is 32.2. The van der Waals surface area contributed by atoms with Gasteiger partial charge in [-0.2, -0.15) is 8.42 Å². The Balaban J connectivity index is 0.000000621. The summed E-state index contributed by atoms with van der Waals surface area (Å²) < 4.78 is 65.6. The van der Waals surface area contributed by atoms with E-state index in [9.17, 15) is 25.7 Å². The average molecular weight is 314 g/mol. The summed E-state index contributed by atoms with van der Waals surface area (Å²) in [6.45, 7) is 3.42. The van der Waals surface area contributed by atoms with Crippen LogP contribution in [0.3, 0.4) is 0 Å². The summed E-state index contributed by atoms with van der Waals surface area (Å²) in [6, 6.07) is 2.95. The van der Waals surface area contributed by atoms with Crippen LogP contribution in [0.2, 0.25) is 0 Å². The largest absolute Gasteiger partial charge is 0.673 e. The molecule has 0 saturated carbocycles. The molecular formula is C9H11BF4N2O3S. The Kier molecular flexibility index (Phi) is 5.96. The molecule has 0 aliphatic heterocycles. The standard InChI is InChI=1S/C9H11N2O3S.BF4/c1-6-7(2)9(14-15(3,12)13)5-4-8(6)11-10;2-1(3,4)5/h4-5H,1-3H3;/q+1;-1. The van der Waals surface area contributed by atoms with E-state index in [4.69, 9.17) is 9.58 Å². The van der Waals surface area contributed by atoms with Crippen LogP contribution in [0.1, 0.15) is 11.1 Å². The molecule has 0 heterocycles. The van der Waals surface area contributed by atoms with Crippen LogP contribution in [-0.4, -0.2) is 21.9 Å². The fourth-order valence-corrected chi connectivity index (χ4v) is 1.65. The highest BCUT2D eigenvalue weighted by Gasteiger charge is 2.20. The van der Waals surface area contributed by atoms with Gasteiger partial charge in [-0.1, -0.05) is 0 Å². The minimum Gasteiger partial charge on any atom is -0.418 e. The Bertz CT molecular complexity index is 619. The van der Waals surface area contributed by atoms with Crippen molar-refractivity contribution in [3.8, 4) is 5.75 Å². The van der Waals surface area contributed by atoms with Crippen molar-refractivity contribution in [2.45, 2.75) is 13.8 Å². The second-order valence-electron chi connectivity index (χ2n) is 3.72. The van der Waals surface area contributed by atoms with E-state index >= 15 is 0 Å². The number of halogens is 4. The number of diazo groups is 1. The van der Waals surface area contributed by atoms with Gasteiger partial charge in [0, 0.05) is 11.6 Å². The maximum Gasteiger partial charge on any atom is 0.673 e. The van der Waals surface area contributed by atoms with E-state index in [1.807, 2.05) is 0 Å². The molecular weight excluding hydrogens is 303 g/mol. The third kappa shape index (κ3) is 7.57. The summed E-state index contributed by atoms with van der Waals surface area (Å²) in [6.07, 6.45) is 0.978. The van der Waals surface area contributed by atoms with Crippen LogP contribution in [0.15, 0.2) is 12.1 Å². The topological polar surface area (TPSA) is 71.5 Å². The molecule has 0 N–H and O–H groups in total. The minimum atomic E-state index is -6.00. The van der Waals surface area contributed by atoms with Crippen LogP contribution in [0.5, 0.6) is 5.75 Å². The molecule has 0 bridgehead atoms. The third-order valence-corrected chi connectivity index (χ3v) is 2.54. The molecule has 5 nitrogen and oxygen atoms in total. The van der Waals surface area contributed by atoms with Crippen molar-refractivity contribution in [3.63, 3.8) is 0 Å². The van der Waals surface area contributed by atoms with Crippen molar-refractivity contribution in [3.05, 3.63) is 28.2 Å². The Morgan fingerprint density at radius 2 is 1.60 bits per heavy atom. The highest BCUT2D eigenvalue weighted by Crippen LogP contribution is 2.29. The highest BCUT2D eigenvalue weighted by molar-refractivity contribution is 7.86. The molecule has 0 unspecified atom stereocenters. The van der Waals surface area contributed by atoms with Gasteiger partial charge >= 0.3 is 23.1 Å². The lowest BCUT2D eigenvalue weighted by molar-refractivity contribution is 0.368. The van der Waals surface area contributed by atoms with Crippen LogP contribution in [0, 0.1) is 19.2 Å². The first-order chi connectivity index (χ1) is 8.85. The van der Waals surface area contributed by atoms with Crippen LogP contribution in [-0.2, 0) is 10.1 Å². The number of hydrogen-bond acceptors (Lipinski definition) is 4. The summed E-state index contributed by atoms with van der Waals surface area (Å²) >= 11 is 0. The zero-order chi connectivity index (χ0) is 16.1. The fraction of sp³-hybridized carbons (Fsp3) is 0.333. The molecule has 0 saturated heterocycles. The lowest BCUT2D eigenvalue weighted by atomic mass is 10.1. The van der Waals surface area contributed by atoms with Gasteiger partial charge in [-0.05, 0) is 19.9 Å². The smallest absolute Gasteiger partial charge is 0.418 e. The summed E-state index contributed by atoms with van der Waals surface area (Å²) in [5, 5.41) is 8.63. The zero-order valence-corrected chi connectivity index (χ0v) is 11.6. The van der Waals surface area contributed by atoms with E-state index in [0.717, 1.165) is 6.26 Å². The minimum absolute atomic E-state index is 0.252. The maximum atomic E-state index is 10.9. The number of hydrogen-bond donors (Lipinski definition) is 0. The van der Waals surface area contributed by atoms with E-state index < -0.39 is 17.4 Å². The molecule has 0 atom stereocenters. The Hall–Kier alpha value is -1.83. The van der Waals surface area contributed by atoms with Crippen molar-refractivity contribution in [2.75, 3.05) is 6.26 Å². The number of rotatable bonds is 2. The Morgan fingerprint density at radius 1 is 1.15 bits per heavy atom. The molecule has 0 aliphatic carbocycles. The van der Waals surface area contributed by atoms with Gasteiger partial charge in [0.1, 0.15) is 5.75 Å². The second-order valence-corrected chi connectivity index (χ2v) is 5.29. The second kappa shape index (κ2) is 6.56. The molecule has 1 aromatic carbocycles. The third-order valence-electron chi connectivity index (χ3n) is 2.06. The SMILES string of the molecule is Cc1c([N+]#N)ccc(OS(C)(=O)=O)c1C.F[B-](F)(F)F. The fourth-order valence-electron chi connectivity index (χ4n) is 1.14. The summed E-state index contributed by atoms with van der Waals surface area (Å²) in [5.74, 6) is 0.252. The molecule has 0 radical (unpaired) electrons. The molecule has 1 aromatic rings. The molecule has 0 amide bonds. The first kappa shape index (κ1) is 18.2. The lowest BCUT2D eigenvalue weighted by Gasteiger charge is -2.06. The summed E-state index contributed by atoms with van der Waals surface area (Å²) in [7, 11) is -9.53. The first-order valence-corrected chi connectivity index (χ1v) is 6.89. The van der Waals surface area contributed by atoms with Crippen molar-refractivity contribution in [2.24, 2.45) is 0 Å². The molecule has 1 rings (SSSR count). The maximum absolute atomic E-state index is 10.9. The number of benzene rings is 1. The van der Waals surface area contributed by atoms with Gasteiger partial charge < -0.3 is 21.4 Å². The van der Waals surface area contributed by atoms with E-state index in [-0.39, 0.29) is 5.75 Å². The Labute approximate surface area is 113 Å². The quantitative estimate of drug-likeness (QED) is 0.363. The van der Waals surface area contributed by atoms with Crippen LogP contribution < -0.4 is 4.18 Å². The van der Waals surface area contributed by atoms with Crippen molar-refractivity contribution >= 4 is 23.1 Å². The average Bonchev–Trinajstić information content (AvgIpc) is 2.21. The van der Waals surface area contributed by atoms with E-state index in [0.29, 0.717) is 16.8 Å². The predicted octanol–water partition coefficient (Wildman–Crippen LogP) is 3.43. The molecule has 0 aliphatic rings. The Morgan fingerprint density at radius 3 is 1.95 bits per heavy atom. The lowest BCUT2D eigenvalue weighted by Crippen LogP contribution is -2.07. The van der Waals surface area contributed by atoms with Crippen LogP contribution in [0.25, 0.3) is 4.98 Å². The molecule has 0 aromatic heterocycles. The van der Waals surface area contributed by atoms with Crippen molar-refractivity contribution < 1.29 is 29.9 Å². The predicted molar refractivity (Wildman–Crippen MR) is 66.3 cm³/mol. The van der Waals surface area contributed by atoms with Crippen LogP contribution in [0.4, 0.5) is 23.0 Å². The normalized spacial score (nSPS) is 11.1. The van der Waals surface area contributed by atoms with Gasteiger partial charge in [-0.15, -0.1) is 0 Å². The van der Waals surface area contributed by atoms with Crippen LogP contribution >= 0.6 is 0 Å².